The molecule has 1 aliphatic heterocycles. The Balaban J connectivity index is 1.96. The molecule has 1 aliphatic rings. The van der Waals surface area contributed by atoms with Crippen LogP contribution in [0.5, 0.6) is 0 Å². The number of hydrogen-bond donors (Lipinski definition) is 2. The van der Waals surface area contributed by atoms with Crippen molar-refractivity contribution in [3.8, 4) is 0 Å². The molecular formula is C14H21N5O2. The van der Waals surface area contributed by atoms with Crippen molar-refractivity contribution in [2.75, 3.05) is 31.9 Å². The lowest BCUT2D eigenvalue weighted by atomic mass is 10.1. The van der Waals surface area contributed by atoms with Gasteiger partial charge >= 0.3 is 0 Å². The number of aliphatic imine (C=N–C) groups is 1. The molecule has 2 rings (SSSR count). The molecule has 7 nitrogen and oxygen atoms in total. The Morgan fingerprint density at radius 2 is 2.05 bits per heavy atom. The zero-order valence-electron chi connectivity index (χ0n) is 12.0. The summed E-state index contributed by atoms with van der Waals surface area (Å²) < 4.78 is 0. The molecule has 0 spiro atoms. The molecule has 0 aromatic heterocycles. The Labute approximate surface area is 123 Å². The largest absolute Gasteiger partial charge is 0.398 e. The summed E-state index contributed by atoms with van der Waals surface area (Å²) in [5, 5.41) is 10.7. The maximum atomic E-state index is 10.7. The average molecular weight is 291 g/mol. The number of benzene rings is 1. The molecule has 1 aromatic carbocycles. The molecule has 0 amide bonds. The molecular weight excluding hydrogens is 270 g/mol. The normalized spacial score (nSPS) is 16.9. The van der Waals surface area contributed by atoms with Gasteiger partial charge in [0.05, 0.1) is 11.5 Å². The van der Waals surface area contributed by atoms with Crippen LogP contribution in [-0.4, -0.2) is 41.8 Å². The van der Waals surface area contributed by atoms with Crippen LogP contribution < -0.4 is 11.5 Å². The van der Waals surface area contributed by atoms with Gasteiger partial charge in [0.2, 0.25) is 0 Å². The molecule has 0 aliphatic carbocycles. The third-order valence-electron chi connectivity index (χ3n) is 3.67. The van der Waals surface area contributed by atoms with E-state index < -0.39 is 4.92 Å². The molecule has 0 radical (unpaired) electrons. The lowest BCUT2D eigenvalue weighted by Gasteiger charge is -2.25. The fraction of sp³-hybridized carbons (Fsp3) is 0.500. The first-order chi connectivity index (χ1) is 10.1. The van der Waals surface area contributed by atoms with E-state index in [2.05, 4.69) is 9.89 Å². The van der Waals surface area contributed by atoms with Gasteiger partial charge in [0.1, 0.15) is 5.84 Å². The molecule has 1 saturated heterocycles. The zero-order valence-corrected chi connectivity index (χ0v) is 12.0. The molecule has 7 heteroatoms. The number of nitrogens with two attached hydrogens (primary N) is 2. The minimum absolute atomic E-state index is 0.0441. The van der Waals surface area contributed by atoms with Crippen molar-refractivity contribution in [2.24, 2.45) is 10.7 Å². The molecule has 4 N–H and O–H groups in total. The summed E-state index contributed by atoms with van der Waals surface area (Å²) in [7, 11) is 0. The van der Waals surface area contributed by atoms with Crippen LogP contribution in [0.15, 0.2) is 23.2 Å². The van der Waals surface area contributed by atoms with E-state index >= 15 is 0 Å². The van der Waals surface area contributed by atoms with Crippen molar-refractivity contribution < 1.29 is 4.92 Å². The number of anilines is 1. The van der Waals surface area contributed by atoms with E-state index in [1.165, 1.54) is 31.4 Å². The van der Waals surface area contributed by atoms with Crippen molar-refractivity contribution in [1.82, 2.24) is 4.90 Å². The summed E-state index contributed by atoms with van der Waals surface area (Å²) in [6, 6.07) is 4.24. The Bertz CT molecular complexity index is 538. The molecule has 21 heavy (non-hydrogen) atoms. The number of nitro groups is 1. The number of likely N-dealkylation sites (tertiary alicyclic amines) is 1. The van der Waals surface area contributed by atoms with Gasteiger partial charge < -0.3 is 16.4 Å². The van der Waals surface area contributed by atoms with Gasteiger partial charge in [-0.05, 0) is 32.0 Å². The molecule has 0 atom stereocenters. The number of rotatable bonds is 5. The van der Waals surface area contributed by atoms with E-state index in [1.807, 2.05) is 0 Å². The van der Waals surface area contributed by atoms with Gasteiger partial charge in [-0.25, -0.2) is 0 Å². The fourth-order valence-electron chi connectivity index (χ4n) is 2.48. The topological polar surface area (TPSA) is 111 Å². The van der Waals surface area contributed by atoms with Crippen LogP contribution in [-0.2, 0) is 0 Å². The molecule has 0 saturated carbocycles. The summed E-state index contributed by atoms with van der Waals surface area (Å²) in [4.78, 5) is 16.9. The van der Waals surface area contributed by atoms with E-state index in [-0.39, 0.29) is 11.4 Å². The van der Waals surface area contributed by atoms with E-state index in [1.54, 1.807) is 6.07 Å². The quantitative estimate of drug-likeness (QED) is 0.280. The number of piperidine rings is 1. The number of nitro benzene ring substituents is 1. The highest BCUT2D eigenvalue weighted by molar-refractivity contribution is 6.02. The number of hydrogen-bond acceptors (Lipinski definition) is 5. The predicted molar refractivity (Wildman–Crippen MR) is 83.4 cm³/mol. The Morgan fingerprint density at radius 3 is 2.67 bits per heavy atom. The number of non-ortho nitro benzene ring substituents is 1. The number of nitrogen functional groups attached to an aromatic ring is 1. The first-order valence-corrected chi connectivity index (χ1v) is 7.14. The van der Waals surface area contributed by atoms with Gasteiger partial charge in [-0.1, -0.05) is 6.42 Å². The second-order valence-corrected chi connectivity index (χ2v) is 5.20. The highest BCUT2D eigenvalue weighted by Crippen LogP contribution is 2.19. The predicted octanol–water partition coefficient (Wildman–Crippen LogP) is 1.37. The SMILES string of the molecule is NC(=NCCN1CCCCC1)c1ccc([N+](=O)[O-])cc1N. The van der Waals surface area contributed by atoms with E-state index in [4.69, 9.17) is 11.5 Å². The monoisotopic (exact) mass is 291 g/mol. The second kappa shape index (κ2) is 7.03. The van der Waals surface area contributed by atoms with Gasteiger partial charge in [-0.3, -0.25) is 15.1 Å². The molecule has 1 fully saturated rings. The van der Waals surface area contributed by atoms with E-state index in [9.17, 15) is 10.1 Å². The Kier molecular flexibility index (Phi) is 5.10. The van der Waals surface area contributed by atoms with Gasteiger partial charge in [-0.15, -0.1) is 0 Å². The Hall–Kier alpha value is -2.15. The summed E-state index contributed by atoms with van der Waals surface area (Å²) in [6.45, 7) is 3.74. The van der Waals surface area contributed by atoms with Crippen molar-refractivity contribution >= 4 is 17.2 Å². The minimum atomic E-state index is -0.482. The van der Waals surface area contributed by atoms with Crippen LogP contribution in [0, 0.1) is 10.1 Å². The lowest BCUT2D eigenvalue weighted by Crippen LogP contribution is -2.32. The van der Waals surface area contributed by atoms with Crippen LogP contribution >= 0.6 is 0 Å². The maximum absolute atomic E-state index is 10.7. The lowest BCUT2D eigenvalue weighted by molar-refractivity contribution is -0.384. The van der Waals surface area contributed by atoms with Crippen LogP contribution in [0.3, 0.4) is 0 Å². The molecule has 114 valence electrons. The van der Waals surface area contributed by atoms with Crippen LogP contribution in [0.4, 0.5) is 11.4 Å². The van der Waals surface area contributed by atoms with Crippen molar-refractivity contribution in [3.05, 3.63) is 33.9 Å². The fourth-order valence-corrected chi connectivity index (χ4v) is 2.48. The summed E-state index contributed by atoms with van der Waals surface area (Å²) in [5.74, 6) is 0.333. The van der Waals surface area contributed by atoms with Gasteiger partial charge in [0.25, 0.3) is 5.69 Å². The third-order valence-corrected chi connectivity index (χ3v) is 3.67. The summed E-state index contributed by atoms with van der Waals surface area (Å²) >= 11 is 0. The van der Waals surface area contributed by atoms with E-state index in [0.717, 1.165) is 19.6 Å². The smallest absolute Gasteiger partial charge is 0.271 e. The molecule has 1 aromatic rings. The first-order valence-electron chi connectivity index (χ1n) is 7.14. The van der Waals surface area contributed by atoms with E-state index in [0.29, 0.717) is 17.9 Å². The summed E-state index contributed by atoms with van der Waals surface area (Å²) in [6.07, 6.45) is 3.80. The van der Waals surface area contributed by atoms with Gasteiger partial charge in [0.15, 0.2) is 0 Å². The number of nitrogens with zero attached hydrogens (tertiary/aromatic N) is 3. The van der Waals surface area contributed by atoms with Crippen molar-refractivity contribution in [1.29, 1.82) is 0 Å². The van der Waals surface area contributed by atoms with Crippen molar-refractivity contribution in [3.63, 3.8) is 0 Å². The molecule has 0 bridgehead atoms. The van der Waals surface area contributed by atoms with Gasteiger partial charge in [0, 0.05) is 29.9 Å². The van der Waals surface area contributed by atoms with Gasteiger partial charge in [-0.2, -0.15) is 0 Å². The first kappa shape index (κ1) is 15.2. The summed E-state index contributed by atoms with van der Waals surface area (Å²) in [5.41, 5.74) is 12.5. The minimum Gasteiger partial charge on any atom is -0.398 e. The third kappa shape index (κ3) is 4.16. The Morgan fingerprint density at radius 1 is 1.33 bits per heavy atom. The molecule has 1 heterocycles. The highest BCUT2D eigenvalue weighted by Gasteiger charge is 2.12. The zero-order chi connectivity index (χ0) is 15.2. The van der Waals surface area contributed by atoms with Crippen LogP contribution in [0.25, 0.3) is 0 Å². The average Bonchev–Trinajstić information content (AvgIpc) is 2.48. The van der Waals surface area contributed by atoms with Crippen molar-refractivity contribution in [2.45, 2.75) is 19.3 Å². The van der Waals surface area contributed by atoms with Crippen LogP contribution in [0.1, 0.15) is 24.8 Å². The molecule has 0 unspecified atom stereocenters. The second-order valence-electron chi connectivity index (χ2n) is 5.20. The number of amidine groups is 1. The standard InChI is InChI=1S/C14H21N5O2/c15-13-10-11(19(20)21)4-5-12(13)14(16)17-6-9-18-7-2-1-3-8-18/h4-5,10H,1-3,6-9,15H2,(H2,16,17). The highest BCUT2D eigenvalue weighted by atomic mass is 16.6. The maximum Gasteiger partial charge on any atom is 0.271 e. The van der Waals surface area contributed by atoms with Crippen LogP contribution in [0.2, 0.25) is 0 Å².